The van der Waals surface area contributed by atoms with Gasteiger partial charge in [0.05, 0.1) is 11.6 Å². The molecule has 0 saturated carbocycles. The van der Waals surface area contributed by atoms with Crippen LogP contribution in [0.15, 0.2) is 66.7 Å². The lowest BCUT2D eigenvalue weighted by Gasteiger charge is -2.37. The molecule has 3 heterocycles. The maximum Gasteiger partial charge on any atom is 0.231 e. The van der Waals surface area contributed by atoms with Crippen molar-refractivity contribution in [2.24, 2.45) is 0 Å². The number of amides is 1. The van der Waals surface area contributed by atoms with Crippen LogP contribution in [-0.2, 0) is 11.3 Å². The Morgan fingerprint density at radius 3 is 2.23 bits per heavy atom. The Labute approximate surface area is 186 Å². The predicted molar refractivity (Wildman–Crippen MR) is 122 cm³/mol. The Bertz CT molecular complexity index is 1100. The lowest BCUT2D eigenvalue weighted by Crippen LogP contribution is -2.50. The summed E-state index contributed by atoms with van der Waals surface area (Å²) >= 11 is 5.99. The van der Waals surface area contributed by atoms with E-state index in [4.69, 9.17) is 11.6 Å². The van der Waals surface area contributed by atoms with Gasteiger partial charge in [0, 0.05) is 54.7 Å². The van der Waals surface area contributed by atoms with Crippen LogP contribution in [0, 0.1) is 0 Å². The SMILES string of the molecule is O=C(c1ccccc1)c1ccc2n1CC[C@H]2C(=O)N1CCN(c2ccc(Cl)cc2)CC1. The quantitative estimate of drug-likeness (QED) is 0.579. The molecule has 1 saturated heterocycles. The summed E-state index contributed by atoms with van der Waals surface area (Å²) in [5, 5.41) is 0.729. The van der Waals surface area contributed by atoms with Gasteiger partial charge in [0.25, 0.3) is 0 Å². The molecule has 0 spiro atoms. The number of halogens is 1. The van der Waals surface area contributed by atoms with Crippen LogP contribution in [0.25, 0.3) is 0 Å². The average molecular weight is 434 g/mol. The highest BCUT2D eigenvalue weighted by molar-refractivity contribution is 6.30. The predicted octanol–water partition coefficient (Wildman–Crippen LogP) is 4.21. The molecular formula is C25H24ClN3O2. The number of fused-ring (bicyclic) bond motifs is 1. The maximum atomic E-state index is 13.3. The summed E-state index contributed by atoms with van der Waals surface area (Å²) in [6, 6.07) is 21.0. The maximum absolute atomic E-state index is 13.3. The monoisotopic (exact) mass is 433 g/mol. The largest absolute Gasteiger partial charge is 0.368 e. The van der Waals surface area contributed by atoms with Crippen LogP contribution in [0.1, 0.15) is 34.1 Å². The third kappa shape index (κ3) is 3.74. The zero-order chi connectivity index (χ0) is 21.4. The molecule has 0 N–H and O–H groups in total. The summed E-state index contributed by atoms with van der Waals surface area (Å²) < 4.78 is 2.03. The summed E-state index contributed by atoms with van der Waals surface area (Å²) in [7, 11) is 0. The minimum atomic E-state index is -0.167. The van der Waals surface area contributed by atoms with Crippen molar-refractivity contribution in [3.63, 3.8) is 0 Å². The highest BCUT2D eigenvalue weighted by Gasteiger charge is 2.35. The lowest BCUT2D eigenvalue weighted by molar-refractivity contribution is -0.133. The van der Waals surface area contributed by atoms with Gasteiger partial charge in [-0.05, 0) is 42.8 Å². The standard InChI is InChI=1S/C25H24ClN3O2/c26-19-6-8-20(9-7-19)27-14-16-28(17-15-27)25(31)21-12-13-29-22(21)10-11-23(29)24(30)18-4-2-1-3-5-18/h1-11,21H,12-17H2/t21-/m1/s1. The van der Waals surface area contributed by atoms with E-state index in [1.807, 2.05) is 76.2 Å². The van der Waals surface area contributed by atoms with E-state index in [9.17, 15) is 9.59 Å². The molecule has 5 rings (SSSR count). The molecule has 0 radical (unpaired) electrons. The number of carbonyl (C=O) groups is 2. The van der Waals surface area contributed by atoms with Crippen molar-refractivity contribution in [3.8, 4) is 0 Å². The van der Waals surface area contributed by atoms with E-state index in [0.29, 0.717) is 30.9 Å². The second kappa shape index (κ2) is 8.23. The van der Waals surface area contributed by atoms with Crippen molar-refractivity contribution >= 4 is 29.0 Å². The first-order valence-corrected chi connectivity index (χ1v) is 11.1. The highest BCUT2D eigenvalue weighted by atomic mass is 35.5. The van der Waals surface area contributed by atoms with Crippen molar-refractivity contribution in [1.29, 1.82) is 0 Å². The van der Waals surface area contributed by atoms with Gasteiger partial charge in [0.1, 0.15) is 0 Å². The van der Waals surface area contributed by atoms with Crippen LogP contribution in [0.3, 0.4) is 0 Å². The van der Waals surface area contributed by atoms with Gasteiger partial charge in [0.2, 0.25) is 11.7 Å². The molecule has 2 aliphatic rings. The minimum Gasteiger partial charge on any atom is -0.368 e. The fraction of sp³-hybridized carbons (Fsp3) is 0.280. The van der Waals surface area contributed by atoms with Crippen molar-refractivity contribution < 1.29 is 9.59 Å². The lowest BCUT2D eigenvalue weighted by atomic mass is 10.0. The first-order chi connectivity index (χ1) is 15.1. The van der Waals surface area contributed by atoms with E-state index in [0.717, 1.165) is 35.9 Å². The van der Waals surface area contributed by atoms with E-state index < -0.39 is 0 Å². The molecule has 2 aromatic carbocycles. The Morgan fingerprint density at radius 2 is 1.52 bits per heavy atom. The molecule has 0 unspecified atom stereocenters. The summed E-state index contributed by atoms with van der Waals surface area (Å²) in [6.07, 6.45) is 0.751. The molecule has 1 amide bonds. The van der Waals surface area contributed by atoms with E-state index in [1.165, 1.54) is 0 Å². The second-order valence-corrected chi connectivity index (χ2v) is 8.56. The zero-order valence-corrected chi connectivity index (χ0v) is 18.0. The number of nitrogens with zero attached hydrogens (tertiary/aromatic N) is 3. The van der Waals surface area contributed by atoms with Gasteiger partial charge in [0.15, 0.2) is 0 Å². The van der Waals surface area contributed by atoms with Crippen molar-refractivity contribution in [2.45, 2.75) is 18.9 Å². The van der Waals surface area contributed by atoms with Crippen molar-refractivity contribution in [3.05, 3.63) is 88.7 Å². The average Bonchev–Trinajstić information content (AvgIpc) is 3.42. The molecule has 158 valence electrons. The van der Waals surface area contributed by atoms with Crippen LogP contribution in [-0.4, -0.2) is 47.3 Å². The highest BCUT2D eigenvalue weighted by Crippen LogP contribution is 2.33. The molecule has 1 fully saturated rings. The van der Waals surface area contributed by atoms with E-state index in [1.54, 1.807) is 0 Å². The van der Waals surface area contributed by atoms with Crippen LogP contribution in [0.2, 0.25) is 5.02 Å². The van der Waals surface area contributed by atoms with Crippen molar-refractivity contribution in [1.82, 2.24) is 9.47 Å². The third-order valence-corrected chi connectivity index (χ3v) is 6.61. The number of rotatable bonds is 4. The van der Waals surface area contributed by atoms with Crippen molar-refractivity contribution in [2.75, 3.05) is 31.1 Å². The van der Waals surface area contributed by atoms with Gasteiger partial charge < -0.3 is 14.4 Å². The smallest absolute Gasteiger partial charge is 0.231 e. The number of ketones is 1. The zero-order valence-electron chi connectivity index (χ0n) is 17.2. The van der Waals surface area contributed by atoms with Crippen LogP contribution >= 0.6 is 11.6 Å². The van der Waals surface area contributed by atoms with E-state index in [2.05, 4.69) is 4.90 Å². The number of piperazine rings is 1. The van der Waals surface area contributed by atoms with Gasteiger partial charge in [-0.2, -0.15) is 0 Å². The summed E-state index contributed by atoms with van der Waals surface area (Å²) in [4.78, 5) is 30.5. The van der Waals surface area contributed by atoms with Gasteiger partial charge in [-0.15, -0.1) is 0 Å². The fourth-order valence-corrected chi connectivity index (χ4v) is 4.81. The normalized spacial score (nSPS) is 18.2. The molecule has 31 heavy (non-hydrogen) atoms. The number of hydrogen-bond acceptors (Lipinski definition) is 3. The Balaban J connectivity index is 1.27. The molecule has 5 nitrogen and oxygen atoms in total. The fourth-order valence-electron chi connectivity index (χ4n) is 4.69. The molecule has 0 bridgehead atoms. The number of carbonyl (C=O) groups excluding carboxylic acids is 2. The molecule has 0 aliphatic carbocycles. The number of hydrogen-bond donors (Lipinski definition) is 0. The number of benzene rings is 2. The van der Waals surface area contributed by atoms with E-state index in [-0.39, 0.29) is 17.6 Å². The summed E-state index contributed by atoms with van der Waals surface area (Å²) in [6.45, 7) is 3.72. The molecule has 2 aliphatic heterocycles. The molecule has 1 atom stereocenters. The topological polar surface area (TPSA) is 45.6 Å². The minimum absolute atomic E-state index is 0.0107. The van der Waals surface area contributed by atoms with Gasteiger partial charge >= 0.3 is 0 Å². The van der Waals surface area contributed by atoms with Gasteiger partial charge in [-0.3, -0.25) is 9.59 Å². The Morgan fingerprint density at radius 1 is 0.806 bits per heavy atom. The third-order valence-electron chi connectivity index (χ3n) is 6.36. The first kappa shape index (κ1) is 19.9. The second-order valence-electron chi connectivity index (χ2n) is 8.12. The molecule has 1 aromatic heterocycles. The molecule has 3 aromatic rings. The Kier molecular flexibility index (Phi) is 5.28. The van der Waals surface area contributed by atoms with Crippen LogP contribution < -0.4 is 4.90 Å². The number of aromatic nitrogens is 1. The summed E-state index contributed by atoms with van der Waals surface area (Å²) in [5.74, 6) is 0.0160. The van der Waals surface area contributed by atoms with Gasteiger partial charge in [-0.25, -0.2) is 0 Å². The molecule has 6 heteroatoms. The van der Waals surface area contributed by atoms with Crippen LogP contribution in [0.5, 0.6) is 0 Å². The Hall–Kier alpha value is -3.05. The molecular weight excluding hydrogens is 410 g/mol. The summed E-state index contributed by atoms with van der Waals surface area (Å²) in [5.41, 5.74) is 3.44. The van der Waals surface area contributed by atoms with E-state index >= 15 is 0 Å². The number of anilines is 1. The first-order valence-electron chi connectivity index (χ1n) is 10.7. The van der Waals surface area contributed by atoms with Gasteiger partial charge in [-0.1, -0.05) is 41.9 Å². The van der Waals surface area contributed by atoms with Crippen LogP contribution in [0.4, 0.5) is 5.69 Å².